The van der Waals surface area contributed by atoms with Gasteiger partial charge in [0.1, 0.15) is 18.5 Å². The SMILES string of the molecule is O=C(CN1CCCC(c2nc(-c3cccc(F)c3)no2)C1)Nc1cc(Cl)ccc1-n1cncn1. The Balaban J connectivity index is 1.24. The first-order valence-electron chi connectivity index (χ1n) is 10.8. The van der Waals surface area contributed by atoms with Crippen molar-refractivity contribution >= 4 is 23.2 Å². The van der Waals surface area contributed by atoms with Gasteiger partial charge in [0.15, 0.2) is 0 Å². The van der Waals surface area contributed by atoms with Gasteiger partial charge >= 0.3 is 0 Å². The molecule has 0 radical (unpaired) electrons. The number of halogens is 2. The molecule has 1 aliphatic rings. The molecule has 5 rings (SSSR count). The second kappa shape index (κ2) is 9.70. The molecule has 3 heterocycles. The summed E-state index contributed by atoms with van der Waals surface area (Å²) in [4.78, 5) is 23.3. The average molecular weight is 482 g/mol. The van der Waals surface area contributed by atoms with Gasteiger partial charge in [0.2, 0.25) is 17.6 Å². The zero-order valence-electron chi connectivity index (χ0n) is 18.1. The predicted octanol–water partition coefficient (Wildman–Crippen LogP) is 3.93. The van der Waals surface area contributed by atoms with Crippen LogP contribution < -0.4 is 5.32 Å². The third-order valence-corrected chi connectivity index (χ3v) is 5.88. The van der Waals surface area contributed by atoms with E-state index in [0.717, 1.165) is 19.4 Å². The molecule has 1 unspecified atom stereocenters. The van der Waals surface area contributed by atoms with Crippen molar-refractivity contribution < 1.29 is 13.7 Å². The Morgan fingerprint density at radius 2 is 2.18 bits per heavy atom. The number of carbonyl (C=O) groups is 1. The Labute approximate surface area is 199 Å². The predicted molar refractivity (Wildman–Crippen MR) is 123 cm³/mol. The molecule has 1 saturated heterocycles. The first-order valence-corrected chi connectivity index (χ1v) is 11.2. The highest BCUT2D eigenvalue weighted by atomic mass is 35.5. The van der Waals surface area contributed by atoms with E-state index < -0.39 is 0 Å². The zero-order valence-corrected chi connectivity index (χ0v) is 18.8. The van der Waals surface area contributed by atoms with Crippen molar-refractivity contribution in [2.24, 2.45) is 0 Å². The van der Waals surface area contributed by atoms with Gasteiger partial charge in [0.05, 0.1) is 23.8 Å². The number of hydrogen-bond donors (Lipinski definition) is 1. The fraction of sp³-hybridized carbons (Fsp3) is 0.261. The molecule has 174 valence electrons. The molecule has 11 heteroatoms. The summed E-state index contributed by atoms with van der Waals surface area (Å²) in [6, 6.07) is 11.3. The second-order valence-corrected chi connectivity index (χ2v) is 8.53. The molecular weight excluding hydrogens is 461 g/mol. The topological polar surface area (TPSA) is 102 Å². The number of rotatable bonds is 6. The van der Waals surface area contributed by atoms with Crippen molar-refractivity contribution in [2.75, 3.05) is 25.0 Å². The summed E-state index contributed by atoms with van der Waals surface area (Å²) in [6.07, 6.45) is 4.73. The second-order valence-electron chi connectivity index (χ2n) is 8.09. The molecule has 9 nitrogen and oxygen atoms in total. The van der Waals surface area contributed by atoms with E-state index in [-0.39, 0.29) is 24.2 Å². The highest BCUT2D eigenvalue weighted by Gasteiger charge is 2.27. The lowest BCUT2D eigenvalue weighted by Crippen LogP contribution is -2.40. The van der Waals surface area contributed by atoms with Crippen LogP contribution in [0.3, 0.4) is 0 Å². The average Bonchev–Trinajstić information content (AvgIpc) is 3.52. The lowest BCUT2D eigenvalue weighted by Gasteiger charge is -2.30. The lowest BCUT2D eigenvalue weighted by atomic mass is 9.98. The summed E-state index contributed by atoms with van der Waals surface area (Å²) in [7, 11) is 0. The number of benzene rings is 2. The van der Waals surface area contributed by atoms with Gasteiger partial charge in [-0.25, -0.2) is 14.1 Å². The molecule has 1 aliphatic heterocycles. The number of aromatic nitrogens is 5. The van der Waals surface area contributed by atoms with Crippen LogP contribution >= 0.6 is 11.6 Å². The van der Waals surface area contributed by atoms with E-state index >= 15 is 0 Å². The molecule has 1 N–H and O–H groups in total. The fourth-order valence-corrected chi connectivity index (χ4v) is 4.25. The van der Waals surface area contributed by atoms with Gasteiger partial charge in [0, 0.05) is 17.1 Å². The van der Waals surface area contributed by atoms with E-state index in [9.17, 15) is 9.18 Å². The maximum absolute atomic E-state index is 13.5. The Morgan fingerprint density at radius 1 is 1.26 bits per heavy atom. The normalized spacial score (nSPS) is 16.5. The molecule has 1 atom stereocenters. The van der Waals surface area contributed by atoms with Crippen LogP contribution in [0.1, 0.15) is 24.7 Å². The van der Waals surface area contributed by atoms with Crippen LogP contribution in [0.25, 0.3) is 17.1 Å². The lowest BCUT2D eigenvalue weighted by molar-refractivity contribution is -0.117. The molecule has 0 saturated carbocycles. The van der Waals surface area contributed by atoms with E-state index in [4.69, 9.17) is 16.1 Å². The van der Waals surface area contributed by atoms with E-state index in [0.29, 0.717) is 40.2 Å². The number of piperidine rings is 1. The molecule has 2 aromatic heterocycles. The van der Waals surface area contributed by atoms with Crippen LogP contribution in [-0.2, 0) is 4.79 Å². The van der Waals surface area contributed by atoms with Gasteiger partial charge in [0.25, 0.3) is 0 Å². The van der Waals surface area contributed by atoms with Crippen LogP contribution in [0.15, 0.2) is 59.6 Å². The van der Waals surface area contributed by atoms with Crippen LogP contribution in [0.2, 0.25) is 5.02 Å². The van der Waals surface area contributed by atoms with Gasteiger partial charge in [-0.1, -0.05) is 28.9 Å². The molecule has 1 fully saturated rings. The summed E-state index contributed by atoms with van der Waals surface area (Å²) in [5.41, 5.74) is 1.78. The highest BCUT2D eigenvalue weighted by molar-refractivity contribution is 6.31. The monoisotopic (exact) mass is 481 g/mol. The Bertz CT molecular complexity index is 1290. The Morgan fingerprint density at radius 3 is 3.00 bits per heavy atom. The van der Waals surface area contributed by atoms with Crippen LogP contribution in [0.4, 0.5) is 10.1 Å². The quantitative estimate of drug-likeness (QED) is 0.445. The van der Waals surface area contributed by atoms with Crippen molar-refractivity contribution in [3.8, 4) is 17.1 Å². The number of amides is 1. The number of carbonyl (C=O) groups excluding carboxylic acids is 1. The van der Waals surface area contributed by atoms with Crippen molar-refractivity contribution in [3.05, 3.63) is 71.8 Å². The molecule has 0 aliphatic carbocycles. The standard InChI is InChI=1S/C23H21ClFN7O2/c24-17-6-7-20(32-14-26-13-27-32)19(10-17)28-21(33)12-31-8-2-4-16(11-31)23-29-22(30-34-23)15-3-1-5-18(25)9-15/h1,3,5-7,9-10,13-14,16H,2,4,8,11-12H2,(H,28,33). The van der Waals surface area contributed by atoms with Crippen LogP contribution in [-0.4, -0.2) is 55.3 Å². The van der Waals surface area contributed by atoms with E-state index in [2.05, 4.69) is 30.4 Å². The third kappa shape index (κ3) is 4.97. The van der Waals surface area contributed by atoms with E-state index in [1.807, 2.05) is 0 Å². The van der Waals surface area contributed by atoms with Crippen LogP contribution in [0, 0.1) is 5.82 Å². The molecule has 0 spiro atoms. The largest absolute Gasteiger partial charge is 0.339 e. The summed E-state index contributed by atoms with van der Waals surface area (Å²) in [5.74, 6) is 0.313. The summed E-state index contributed by atoms with van der Waals surface area (Å²) in [6.45, 7) is 1.58. The minimum atomic E-state index is -0.356. The first-order chi connectivity index (χ1) is 16.5. The third-order valence-electron chi connectivity index (χ3n) is 5.64. The molecule has 1 amide bonds. The number of hydrogen-bond acceptors (Lipinski definition) is 7. The molecule has 4 aromatic rings. The Kier molecular flexibility index (Phi) is 6.33. The van der Waals surface area contributed by atoms with Gasteiger partial charge in [-0.2, -0.15) is 10.1 Å². The fourth-order valence-electron chi connectivity index (χ4n) is 4.08. The molecule has 34 heavy (non-hydrogen) atoms. The molecule has 0 bridgehead atoms. The first kappa shape index (κ1) is 22.2. The summed E-state index contributed by atoms with van der Waals surface area (Å²) in [5, 5.41) is 11.6. The van der Waals surface area contributed by atoms with Gasteiger partial charge in [-0.05, 0) is 49.7 Å². The summed E-state index contributed by atoms with van der Waals surface area (Å²) < 4.78 is 20.6. The minimum absolute atomic E-state index is 0.00626. The highest BCUT2D eigenvalue weighted by Crippen LogP contribution is 2.28. The van der Waals surface area contributed by atoms with Crippen molar-refractivity contribution in [2.45, 2.75) is 18.8 Å². The number of likely N-dealkylation sites (tertiary alicyclic amines) is 1. The minimum Gasteiger partial charge on any atom is -0.339 e. The molecular formula is C23H21ClFN7O2. The van der Waals surface area contributed by atoms with Gasteiger partial charge < -0.3 is 9.84 Å². The van der Waals surface area contributed by atoms with Gasteiger partial charge in [-0.3, -0.25) is 9.69 Å². The zero-order chi connectivity index (χ0) is 23.5. The van der Waals surface area contributed by atoms with Crippen LogP contribution in [0.5, 0.6) is 0 Å². The van der Waals surface area contributed by atoms with Crippen molar-refractivity contribution in [3.63, 3.8) is 0 Å². The Hall–Kier alpha value is -3.63. The number of anilines is 1. The molecule has 2 aromatic carbocycles. The van der Waals surface area contributed by atoms with Gasteiger partial charge in [-0.15, -0.1) is 0 Å². The maximum atomic E-state index is 13.5. The smallest absolute Gasteiger partial charge is 0.238 e. The van der Waals surface area contributed by atoms with E-state index in [1.54, 1.807) is 41.3 Å². The number of nitrogens with one attached hydrogen (secondary N) is 1. The summed E-state index contributed by atoms with van der Waals surface area (Å²) >= 11 is 6.14. The number of nitrogens with zero attached hydrogens (tertiary/aromatic N) is 6. The maximum Gasteiger partial charge on any atom is 0.238 e. The van der Waals surface area contributed by atoms with Crippen molar-refractivity contribution in [1.82, 2.24) is 29.8 Å². The van der Waals surface area contributed by atoms with Crippen molar-refractivity contribution in [1.29, 1.82) is 0 Å². The van der Waals surface area contributed by atoms with E-state index in [1.165, 1.54) is 18.5 Å².